The summed E-state index contributed by atoms with van der Waals surface area (Å²) in [6, 6.07) is 13.4. The van der Waals surface area contributed by atoms with Crippen molar-refractivity contribution >= 4 is 16.0 Å². The van der Waals surface area contributed by atoms with Gasteiger partial charge in [-0.1, -0.05) is 38.1 Å². The van der Waals surface area contributed by atoms with E-state index in [2.05, 4.69) is 23.3 Å². The molecule has 0 fully saturated rings. The lowest BCUT2D eigenvalue weighted by Gasteiger charge is -2.21. The third kappa shape index (κ3) is 6.35. The fraction of sp³-hybridized carbons (Fsp3) is 0.381. The Labute approximate surface area is 166 Å². The van der Waals surface area contributed by atoms with Gasteiger partial charge < -0.3 is 9.47 Å². The zero-order chi connectivity index (χ0) is 20.7. The standard InChI is InChI=1S/C21H27NO5S/c1-15(2)13-20(17-9-11-19(26-3)12-10-17)22-28(24,25)14-16-5-7-18(8-6-16)21(23)27-4/h5-12,15,20,22H,13-14H2,1-4H3/t20-/m1/s1. The van der Waals surface area contributed by atoms with E-state index in [1.165, 1.54) is 7.11 Å². The molecule has 28 heavy (non-hydrogen) atoms. The van der Waals surface area contributed by atoms with Gasteiger partial charge in [0.1, 0.15) is 5.75 Å². The fourth-order valence-electron chi connectivity index (χ4n) is 2.89. The Morgan fingerprint density at radius 3 is 2.11 bits per heavy atom. The molecule has 0 amide bonds. The molecular weight excluding hydrogens is 378 g/mol. The average molecular weight is 406 g/mol. The van der Waals surface area contributed by atoms with Gasteiger partial charge >= 0.3 is 5.97 Å². The molecule has 0 aromatic heterocycles. The lowest BCUT2D eigenvalue weighted by Crippen LogP contribution is -2.30. The predicted octanol–water partition coefficient (Wildman–Crippen LogP) is 3.69. The first kappa shape index (κ1) is 21.9. The zero-order valence-electron chi connectivity index (χ0n) is 16.6. The van der Waals surface area contributed by atoms with Crippen LogP contribution in [0.5, 0.6) is 5.75 Å². The first-order chi connectivity index (χ1) is 13.2. The van der Waals surface area contributed by atoms with E-state index in [4.69, 9.17) is 4.74 Å². The van der Waals surface area contributed by atoms with Gasteiger partial charge in [-0.15, -0.1) is 0 Å². The third-order valence-corrected chi connectivity index (χ3v) is 5.64. The second kappa shape index (κ2) is 9.71. The van der Waals surface area contributed by atoms with Gasteiger partial charge in [0.25, 0.3) is 0 Å². The summed E-state index contributed by atoms with van der Waals surface area (Å²) >= 11 is 0. The Morgan fingerprint density at radius 1 is 1.00 bits per heavy atom. The Bertz CT molecular complexity index is 874. The number of esters is 1. The van der Waals surface area contributed by atoms with Crippen LogP contribution in [-0.4, -0.2) is 28.6 Å². The van der Waals surface area contributed by atoms with Gasteiger partial charge in [-0.05, 0) is 47.7 Å². The van der Waals surface area contributed by atoms with Crippen molar-refractivity contribution < 1.29 is 22.7 Å². The normalized spacial score (nSPS) is 12.6. The first-order valence-corrected chi connectivity index (χ1v) is 10.7. The van der Waals surface area contributed by atoms with Gasteiger partial charge in [-0.25, -0.2) is 17.9 Å². The quantitative estimate of drug-likeness (QED) is 0.644. The van der Waals surface area contributed by atoms with E-state index in [9.17, 15) is 13.2 Å². The number of ether oxygens (including phenoxy) is 2. The monoisotopic (exact) mass is 405 g/mol. The summed E-state index contributed by atoms with van der Waals surface area (Å²) < 4.78 is 38.1. The molecule has 6 nitrogen and oxygen atoms in total. The molecule has 0 radical (unpaired) electrons. The van der Waals surface area contributed by atoms with Crippen LogP contribution in [0.1, 0.15) is 47.8 Å². The smallest absolute Gasteiger partial charge is 0.337 e. The summed E-state index contributed by atoms with van der Waals surface area (Å²) in [6.07, 6.45) is 0.673. The van der Waals surface area contributed by atoms with Gasteiger partial charge in [0.2, 0.25) is 10.0 Å². The summed E-state index contributed by atoms with van der Waals surface area (Å²) in [5.41, 5.74) is 1.87. The maximum absolute atomic E-state index is 12.7. The molecule has 1 N–H and O–H groups in total. The summed E-state index contributed by atoms with van der Waals surface area (Å²) in [6.45, 7) is 4.10. The van der Waals surface area contributed by atoms with Crippen LogP contribution < -0.4 is 9.46 Å². The SMILES string of the molecule is COC(=O)c1ccc(CS(=O)(=O)N[C@H](CC(C)C)c2ccc(OC)cc2)cc1. The topological polar surface area (TPSA) is 81.7 Å². The molecule has 0 heterocycles. The van der Waals surface area contributed by atoms with E-state index >= 15 is 0 Å². The van der Waals surface area contributed by atoms with Gasteiger partial charge in [0.05, 0.1) is 25.5 Å². The number of methoxy groups -OCH3 is 2. The number of hydrogen-bond donors (Lipinski definition) is 1. The summed E-state index contributed by atoms with van der Waals surface area (Å²) in [4.78, 5) is 11.5. The summed E-state index contributed by atoms with van der Waals surface area (Å²) in [7, 11) is -0.683. The molecule has 1 atom stereocenters. The number of carbonyl (C=O) groups is 1. The average Bonchev–Trinajstić information content (AvgIpc) is 2.66. The highest BCUT2D eigenvalue weighted by atomic mass is 32.2. The van der Waals surface area contributed by atoms with Crippen LogP contribution in [0.4, 0.5) is 0 Å². The van der Waals surface area contributed by atoms with E-state index in [1.54, 1.807) is 31.4 Å². The molecule has 0 bridgehead atoms. The highest BCUT2D eigenvalue weighted by Crippen LogP contribution is 2.25. The summed E-state index contributed by atoms with van der Waals surface area (Å²) in [5, 5.41) is 0. The number of sulfonamides is 1. The summed E-state index contributed by atoms with van der Waals surface area (Å²) in [5.74, 6) is 0.415. The second-order valence-corrected chi connectivity index (χ2v) is 8.77. The van der Waals surface area contributed by atoms with Crippen molar-refractivity contribution in [3.05, 3.63) is 65.2 Å². The molecule has 2 rings (SSSR count). The van der Waals surface area contributed by atoms with Crippen LogP contribution in [-0.2, 0) is 20.5 Å². The minimum Gasteiger partial charge on any atom is -0.497 e. The third-order valence-electron chi connectivity index (χ3n) is 4.28. The molecule has 0 aliphatic rings. The van der Waals surface area contributed by atoms with Crippen molar-refractivity contribution in [1.29, 1.82) is 0 Å². The van der Waals surface area contributed by atoms with Gasteiger partial charge in [0.15, 0.2) is 0 Å². The maximum atomic E-state index is 12.7. The maximum Gasteiger partial charge on any atom is 0.337 e. The Hall–Kier alpha value is -2.38. The van der Waals surface area contributed by atoms with Crippen molar-refractivity contribution in [3.8, 4) is 5.75 Å². The molecule has 2 aromatic rings. The molecule has 0 aliphatic heterocycles. The van der Waals surface area contributed by atoms with Crippen LogP contribution >= 0.6 is 0 Å². The molecule has 0 spiro atoms. The van der Waals surface area contributed by atoms with Crippen LogP contribution in [0.2, 0.25) is 0 Å². The van der Waals surface area contributed by atoms with Crippen molar-refractivity contribution in [2.45, 2.75) is 32.1 Å². The highest BCUT2D eigenvalue weighted by molar-refractivity contribution is 7.88. The van der Waals surface area contributed by atoms with Gasteiger partial charge in [0, 0.05) is 6.04 Å². The Morgan fingerprint density at radius 2 is 1.61 bits per heavy atom. The Kier molecular flexibility index (Phi) is 7.60. The number of rotatable bonds is 9. The minimum atomic E-state index is -3.58. The minimum absolute atomic E-state index is 0.167. The fourth-order valence-corrected chi connectivity index (χ4v) is 4.27. The molecule has 0 unspecified atom stereocenters. The number of hydrogen-bond acceptors (Lipinski definition) is 5. The van der Waals surface area contributed by atoms with E-state index in [0.29, 0.717) is 23.5 Å². The molecule has 7 heteroatoms. The van der Waals surface area contributed by atoms with Crippen LogP contribution in [0, 0.1) is 5.92 Å². The molecular formula is C21H27NO5S. The van der Waals surface area contributed by atoms with Crippen LogP contribution in [0.3, 0.4) is 0 Å². The van der Waals surface area contributed by atoms with E-state index in [1.807, 2.05) is 24.3 Å². The number of nitrogens with one attached hydrogen (secondary N) is 1. The molecule has 2 aromatic carbocycles. The number of carbonyl (C=O) groups excluding carboxylic acids is 1. The van der Waals surface area contributed by atoms with E-state index in [-0.39, 0.29) is 11.8 Å². The Balaban J connectivity index is 2.15. The van der Waals surface area contributed by atoms with Crippen molar-refractivity contribution in [1.82, 2.24) is 4.72 Å². The van der Waals surface area contributed by atoms with Crippen molar-refractivity contribution in [2.24, 2.45) is 5.92 Å². The lowest BCUT2D eigenvalue weighted by molar-refractivity contribution is 0.0600. The van der Waals surface area contributed by atoms with Crippen molar-refractivity contribution in [3.63, 3.8) is 0 Å². The molecule has 0 aliphatic carbocycles. The largest absolute Gasteiger partial charge is 0.497 e. The van der Waals surface area contributed by atoms with Crippen LogP contribution in [0.25, 0.3) is 0 Å². The molecule has 0 saturated carbocycles. The predicted molar refractivity (Wildman–Crippen MR) is 109 cm³/mol. The van der Waals surface area contributed by atoms with E-state index in [0.717, 1.165) is 11.3 Å². The highest BCUT2D eigenvalue weighted by Gasteiger charge is 2.21. The van der Waals surface area contributed by atoms with Gasteiger partial charge in [-0.2, -0.15) is 0 Å². The van der Waals surface area contributed by atoms with Gasteiger partial charge in [-0.3, -0.25) is 0 Å². The molecule has 0 saturated heterocycles. The lowest BCUT2D eigenvalue weighted by atomic mass is 9.98. The second-order valence-electron chi connectivity index (χ2n) is 7.02. The molecule has 152 valence electrons. The zero-order valence-corrected chi connectivity index (χ0v) is 17.5. The van der Waals surface area contributed by atoms with Crippen LogP contribution in [0.15, 0.2) is 48.5 Å². The van der Waals surface area contributed by atoms with Crippen molar-refractivity contribution in [2.75, 3.05) is 14.2 Å². The first-order valence-electron chi connectivity index (χ1n) is 9.05. The van der Waals surface area contributed by atoms with E-state index < -0.39 is 16.0 Å². The number of benzene rings is 2.